The topological polar surface area (TPSA) is 101 Å². The van der Waals surface area contributed by atoms with Gasteiger partial charge in [0.1, 0.15) is 0 Å². The summed E-state index contributed by atoms with van der Waals surface area (Å²) < 4.78 is 4.98. The highest BCUT2D eigenvalue weighted by molar-refractivity contribution is 6.41. The number of esters is 1. The van der Waals surface area contributed by atoms with Gasteiger partial charge in [0.15, 0.2) is 0 Å². The molecule has 8 heteroatoms. The largest absolute Gasteiger partial charge is 0.469 e. The first-order valence-corrected chi connectivity index (χ1v) is 19.9. The molecule has 6 aromatic carbocycles. The molecule has 0 fully saturated rings. The number of imide groups is 2. The van der Waals surface area contributed by atoms with Gasteiger partial charge in [0.25, 0.3) is 23.6 Å². The summed E-state index contributed by atoms with van der Waals surface area (Å²) in [7, 11) is 1.29. The number of rotatable bonds is 15. The average molecular weight is 735 g/mol. The van der Waals surface area contributed by atoms with Gasteiger partial charge in [0.05, 0.1) is 19.6 Å². The first-order valence-electron chi connectivity index (χ1n) is 19.9. The van der Waals surface area contributed by atoms with Crippen LogP contribution < -0.4 is 0 Å². The van der Waals surface area contributed by atoms with Crippen LogP contribution in [0.1, 0.15) is 138 Å². The van der Waals surface area contributed by atoms with E-state index in [0.717, 1.165) is 96.5 Å². The summed E-state index contributed by atoms with van der Waals surface area (Å²) in [5, 5.41) is 6.24. The second-order valence-electron chi connectivity index (χ2n) is 15.2. The molecule has 55 heavy (non-hydrogen) atoms. The molecule has 1 atom stereocenters. The molecule has 0 aromatic heterocycles. The lowest BCUT2D eigenvalue weighted by atomic mass is 9.81. The molecule has 0 spiro atoms. The van der Waals surface area contributed by atoms with Crippen LogP contribution in [0.5, 0.6) is 0 Å². The van der Waals surface area contributed by atoms with Crippen LogP contribution >= 0.6 is 0 Å². The third-order valence-corrected chi connectivity index (χ3v) is 11.9. The summed E-state index contributed by atoms with van der Waals surface area (Å²) >= 11 is 0. The van der Waals surface area contributed by atoms with E-state index in [-0.39, 0.29) is 24.3 Å². The zero-order valence-corrected chi connectivity index (χ0v) is 31.8. The molecule has 2 aliphatic heterocycles. The van der Waals surface area contributed by atoms with Gasteiger partial charge >= 0.3 is 5.97 Å². The highest BCUT2D eigenvalue weighted by Crippen LogP contribution is 2.47. The van der Waals surface area contributed by atoms with Crippen LogP contribution in [0.25, 0.3) is 43.1 Å². The summed E-state index contributed by atoms with van der Waals surface area (Å²) in [4.78, 5) is 73.2. The first kappa shape index (κ1) is 36.4. The highest BCUT2D eigenvalue weighted by Gasteiger charge is 2.41. The molecule has 2 heterocycles. The number of carbonyl (C=O) groups excluding carboxylic acids is 5. The van der Waals surface area contributed by atoms with Crippen LogP contribution in [0.3, 0.4) is 0 Å². The van der Waals surface area contributed by atoms with Gasteiger partial charge in [-0.1, -0.05) is 120 Å². The molecule has 8 rings (SSSR count). The fourth-order valence-electron chi connectivity index (χ4n) is 9.21. The lowest BCUT2D eigenvalue weighted by Crippen LogP contribution is -2.47. The fourth-order valence-corrected chi connectivity index (χ4v) is 9.21. The van der Waals surface area contributed by atoms with E-state index in [0.29, 0.717) is 38.6 Å². The quantitative estimate of drug-likeness (QED) is 0.0342. The van der Waals surface area contributed by atoms with Gasteiger partial charge in [-0.05, 0) is 75.0 Å². The maximum absolute atomic E-state index is 14.5. The Morgan fingerprint density at radius 3 is 1.35 bits per heavy atom. The SMILES string of the molecule is CCCCCCC(CCCCCC)N1C(=O)c2ccc3c4ccc5c6c(ccc(c7ccc(c2c37)C1=O)c64)C(=O)N(C(CC(=O)OC)c1ccccc1)C5=O. The molecule has 8 nitrogen and oxygen atoms in total. The highest BCUT2D eigenvalue weighted by atomic mass is 16.5. The number of nitrogens with zero attached hydrogens (tertiary/aromatic N) is 2. The number of hydrogen-bond donors (Lipinski definition) is 0. The zero-order valence-electron chi connectivity index (χ0n) is 31.8. The fraction of sp³-hybridized carbons (Fsp3) is 0.340. The number of fused-ring (bicyclic) bond motifs is 2. The molecular weight excluding hydrogens is 689 g/mol. The molecule has 0 N–H and O–H groups in total. The third-order valence-electron chi connectivity index (χ3n) is 11.9. The van der Waals surface area contributed by atoms with Crippen LogP contribution in [0.15, 0.2) is 78.9 Å². The number of hydrogen-bond acceptors (Lipinski definition) is 6. The van der Waals surface area contributed by atoms with Crippen LogP contribution in [0.4, 0.5) is 0 Å². The Labute approximate surface area is 320 Å². The third kappa shape index (κ3) is 5.94. The Morgan fingerprint density at radius 1 is 0.527 bits per heavy atom. The van der Waals surface area contributed by atoms with Crippen molar-refractivity contribution in [2.45, 2.75) is 96.6 Å². The van der Waals surface area contributed by atoms with Crippen LogP contribution in [-0.4, -0.2) is 52.5 Å². The van der Waals surface area contributed by atoms with E-state index >= 15 is 0 Å². The predicted molar refractivity (Wildman–Crippen MR) is 216 cm³/mol. The Morgan fingerprint density at radius 2 is 0.945 bits per heavy atom. The monoisotopic (exact) mass is 734 g/mol. The standard InChI is InChI=1S/C47H46N2O6/c1-4-6-8-13-17-29(18-14-9-7-5-2)48-44(51)34-23-19-30-32-21-25-36-43-37(26-22-33(41(32)43)31-20-24-35(45(48)52)42(34)40(30)31)47(54)49(46(36)53)38(27-39(50)55-3)28-15-11-10-12-16-28/h10-12,15-16,19-26,29,38H,4-9,13-14,17-18,27H2,1-3H3. The van der Waals surface area contributed by atoms with E-state index in [1.807, 2.05) is 54.6 Å². The van der Waals surface area contributed by atoms with Crippen molar-refractivity contribution in [1.82, 2.24) is 9.80 Å². The van der Waals surface area contributed by atoms with E-state index < -0.39 is 23.8 Å². The Hall–Kier alpha value is -5.63. The smallest absolute Gasteiger partial charge is 0.307 e. The van der Waals surface area contributed by atoms with Gasteiger partial charge in [-0.2, -0.15) is 0 Å². The first-order chi connectivity index (χ1) is 26.8. The lowest BCUT2D eigenvalue weighted by Gasteiger charge is -2.35. The summed E-state index contributed by atoms with van der Waals surface area (Å²) in [6.07, 6.45) is 10.1. The number of ether oxygens (including phenoxy) is 1. The average Bonchev–Trinajstić information content (AvgIpc) is 3.21. The van der Waals surface area contributed by atoms with Crippen molar-refractivity contribution in [1.29, 1.82) is 0 Å². The zero-order chi connectivity index (χ0) is 38.4. The molecular formula is C47H46N2O6. The molecule has 0 saturated heterocycles. The van der Waals surface area contributed by atoms with Crippen LogP contribution in [0, 0.1) is 0 Å². The van der Waals surface area contributed by atoms with Gasteiger partial charge in [0, 0.05) is 39.1 Å². The number of carbonyl (C=O) groups is 5. The number of methoxy groups -OCH3 is 1. The molecule has 2 aliphatic rings. The molecule has 1 unspecified atom stereocenters. The van der Waals surface area contributed by atoms with Crippen LogP contribution in [-0.2, 0) is 9.53 Å². The lowest BCUT2D eigenvalue weighted by molar-refractivity contribution is -0.141. The van der Waals surface area contributed by atoms with E-state index in [2.05, 4.69) is 13.8 Å². The second-order valence-corrected chi connectivity index (χ2v) is 15.2. The van der Waals surface area contributed by atoms with Gasteiger partial charge in [-0.25, -0.2) is 0 Å². The van der Waals surface area contributed by atoms with Crippen molar-refractivity contribution in [3.63, 3.8) is 0 Å². The second kappa shape index (κ2) is 14.9. The molecule has 6 aromatic rings. The summed E-state index contributed by atoms with van der Waals surface area (Å²) in [6.45, 7) is 4.37. The van der Waals surface area contributed by atoms with Crippen molar-refractivity contribution >= 4 is 72.7 Å². The van der Waals surface area contributed by atoms with Crippen molar-refractivity contribution in [2.75, 3.05) is 7.11 Å². The summed E-state index contributed by atoms with van der Waals surface area (Å²) in [6, 6.07) is 23.0. The summed E-state index contributed by atoms with van der Waals surface area (Å²) in [5.41, 5.74) is 2.48. The maximum Gasteiger partial charge on any atom is 0.307 e. The predicted octanol–water partition coefficient (Wildman–Crippen LogP) is 10.5. The van der Waals surface area contributed by atoms with Crippen molar-refractivity contribution < 1.29 is 28.7 Å². The molecule has 280 valence electrons. The maximum atomic E-state index is 14.5. The van der Waals surface area contributed by atoms with Crippen molar-refractivity contribution in [3.8, 4) is 0 Å². The Bertz CT molecular complexity index is 2370. The Kier molecular flexibility index (Phi) is 9.84. The van der Waals surface area contributed by atoms with E-state index in [1.165, 1.54) is 12.0 Å². The minimum absolute atomic E-state index is 0.148. The van der Waals surface area contributed by atoms with Gasteiger partial charge in [-0.3, -0.25) is 33.8 Å². The normalized spacial score (nSPS) is 14.8. The van der Waals surface area contributed by atoms with E-state index in [1.54, 1.807) is 29.2 Å². The molecule has 0 aliphatic carbocycles. The number of benzene rings is 6. The van der Waals surface area contributed by atoms with E-state index in [9.17, 15) is 24.0 Å². The number of amides is 4. The van der Waals surface area contributed by atoms with Gasteiger partial charge in [0.2, 0.25) is 0 Å². The Balaban J connectivity index is 1.25. The van der Waals surface area contributed by atoms with Gasteiger partial charge in [-0.15, -0.1) is 0 Å². The minimum atomic E-state index is -0.858. The molecule has 0 saturated carbocycles. The van der Waals surface area contributed by atoms with E-state index in [4.69, 9.17) is 4.74 Å². The van der Waals surface area contributed by atoms with Crippen LogP contribution in [0.2, 0.25) is 0 Å². The summed E-state index contributed by atoms with van der Waals surface area (Å²) in [5.74, 6) is -1.96. The molecule has 0 bridgehead atoms. The van der Waals surface area contributed by atoms with Crippen molar-refractivity contribution in [2.24, 2.45) is 0 Å². The minimum Gasteiger partial charge on any atom is -0.469 e. The molecule has 4 amide bonds. The number of unbranched alkanes of at least 4 members (excludes halogenated alkanes) is 6. The van der Waals surface area contributed by atoms with Crippen molar-refractivity contribution in [3.05, 3.63) is 107 Å². The molecule has 0 radical (unpaired) electrons. The van der Waals surface area contributed by atoms with Gasteiger partial charge < -0.3 is 4.74 Å².